The maximum Gasteiger partial charge on any atom is 0.389 e. The lowest BCUT2D eigenvalue weighted by Gasteiger charge is -2.18. The molecule has 0 fully saturated rings. The third kappa shape index (κ3) is 5.82. The van der Waals surface area contributed by atoms with Gasteiger partial charge in [0, 0.05) is 18.0 Å². The summed E-state index contributed by atoms with van der Waals surface area (Å²) in [4.78, 5) is 0. The fourth-order valence-corrected chi connectivity index (χ4v) is 2.06. The minimum absolute atomic E-state index is 0.0523. The molecule has 0 aliphatic heterocycles. The summed E-state index contributed by atoms with van der Waals surface area (Å²) in [6.07, 6.45) is -4.09. The van der Waals surface area contributed by atoms with Gasteiger partial charge >= 0.3 is 6.18 Å². The molecule has 0 saturated heterocycles. The van der Waals surface area contributed by atoms with Crippen molar-refractivity contribution in [2.45, 2.75) is 45.3 Å². The molecule has 1 aromatic carbocycles. The number of unbranched alkanes of at least 4 members (excludes halogenated alkanes) is 1. The summed E-state index contributed by atoms with van der Waals surface area (Å²) in [5.41, 5.74) is 2.14. The number of rotatable bonds is 7. The van der Waals surface area contributed by atoms with Crippen molar-refractivity contribution in [3.8, 4) is 5.75 Å². The number of alkyl halides is 3. The predicted molar refractivity (Wildman–Crippen MR) is 74.1 cm³/mol. The smallest absolute Gasteiger partial charge is 0.389 e. The Hall–Kier alpha value is -1.23. The van der Waals surface area contributed by atoms with Crippen molar-refractivity contribution < 1.29 is 17.9 Å². The van der Waals surface area contributed by atoms with Crippen molar-refractivity contribution >= 4 is 0 Å². The summed E-state index contributed by atoms with van der Waals surface area (Å²) < 4.78 is 41.3. The highest BCUT2D eigenvalue weighted by atomic mass is 19.4. The van der Waals surface area contributed by atoms with Crippen LogP contribution in [-0.2, 0) is 0 Å². The van der Waals surface area contributed by atoms with Crippen molar-refractivity contribution in [2.24, 2.45) is 0 Å². The second kappa shape index (κ2) is 7.53. The van der Waals surface area contributed by atoms with Crippen molar-refractivity contribution in [1.82, 2.24) is 5.32 Å². The molecule has 114 valence electrons. The number of methoxy groups -OCH3 is 1. The van der Waals surface area contributed by atoms with Crippen LogP contribution in [0.15, 0.2) is 18.2 Å². The first-order chi connectivity index (χ1) is 9.33. The van der Waals surface area contributed by atoms with E-state index in [1.807, 2.05) is 32.0 Å². The number of nitrogens with one attached hydrogen (secondary N) is 1. The first-order valence-electron chi connectivity index (χ1n) is 6.78. The number of benzene rings is 1. The van der Waals surface area contributed by atoms with E-state index in [0.717, 1.165) is 16.9 Å². The predicted octanol–water partition coefficient (Wildman–Crippen LogP) is 4.39. The van der Waals surface area contributed by atoms with Crippen LogP contribution in [0.3, 0.4) is 0 Å². The molecular formula is C15H22F3NO. The molecule has 1 rings (SSSR count). The molecule has 20 heavy (non-hydrogen) atoms. The van der Waals surface area contributed by atoms with E-state index in [1.54, 1.807) is 7.11 Å². The topological polar surface area (TPSA) is 21.3 Å². The van der Waals surface area contributed by atoms with Crippen LogP contribution in [0.5, 0.6) is 5.75 Å². The zero-order valence-corrected chi connectivity index (χ0v) is 12.2. The maximum atomic E-state index is 12.0. The minimum Gasteiger partial charge on any atom is -0.496 e. The van der Waals surface area contributed by atoms with Crippen molar-refractivity contribution in [1.29, 1.82) is 0 Å². The molecule has 0 heterocycles. The molecule has 1 atom stereocenters. The molecule has 1 aromatic rings. The van der Waals surface area contributed by atoms with Gasteiger partial charge in [-0.1, -0.05) is 12.1 Å². The van der Waals surface area contributed by atoms with Gasteiger partial charge in [0.25, 0.3) is 0 Å². The van der Waals surface area contributed by atoms with E-state index in [2.05, 4.69) is 5.32 Å². The number of hydrogen-bond acceptors (Lipinski definition) is 2. The lowest BCUT2D eigenvalue weighted by molar-refractivity contribution is -0.135. The van der Waals surface area contributed by atoms with Crippen LogP contribution in [0, 0.1) is 6.92 Å². The second-order valence-corrected chi connectivity index (χ2v) is 4.99. The molecular weight excluding hydrogens is 267 g/mol. The summed E-state index contributed by atoms with van der Waals surface area (Å²) in [7, 11) is 1.62. The summed E-state index contributed by atoms with van der Waals surface area (Å²) in [5.74, 6) is 0.806. The van der Waals surface area contributed by atoms with E-state index in [1.165, 1.54) is 0 Å². The van der Waals surface area contributed by atoms with Gasteiger partial charge in [0.05, 0.1) is 7.11 Å². The highest BCUT2D eigenvalue weighted by Gasteiger charge is 2.25. The quantitative estimate of drug-likeness (QED) is 0.752. The molecule has 0 radical (unpaired) electrons. The zero-order valence-electron chi connectivity index (χ0n) is 12.2. The Kier molecular flexibility index (Phi) is 6.33. The molecule has 1 unspecified atom stereocenters. The monoisotopic (exact) mass is 289 g/mol. The molecule has 0 aliphatic carbocycles. The highest BCUT2D eigenvalue weighted by Crippen LogP contribution is 2.26. The van der Waals surface area contributed by atoms with Gasteiger partial charge < -0.3 is 10.1 Å². The van der Waals surface area contributed by atoms with Crippen molar-refractivity contribution in [2.75, 3.05) is 13.7 Å². The molecule has 0 aliphatic rings. The fourth-order valence-electron chi connectivity index (χ4n) is 2.06. The number of aryl methyl sites for hydroxylation is 1. The van der Waals surface area contributed by atoms with Crippen LogP contribution in [-0.4, -0.2) is 19.8 Å². The molecule has 0 amide bonds. The van der Waals surface area contributed by atoms with E-state index in [4.69, 9.17) is 4.74 Å². The molecule has 1 N–H and O–H groups in total. The molecule has 0 bridgehead atoms. The first-order valence-corrected chi connectivity index (χ1v) is 6.78. The molecule has 5 heteroatoms. The van der Waals surface area contributed by atoms with Crippen LogP contribution in [0.1, 0.15) is 43.4 Å². The van der Waals surface area contributed by atoms with Gasteiger partial charge in [-0.2, -0.15) is 13.2 Å². The summed E-state index contributed by atoms with van der Waals surface area (Å²) in [5, 5.41) is 3.23. The third-order valence-corrected chi connectivity index (χ3v) is 3.19. The SMILES string of the molecule is COc1cc(C)ccc1C(C)NCCCCC(F)(F)F. The second-order valence-electron chi connectivity index (χ2n) is 4.99. The Bertz CT molecular complexity index is 418. The molecule has 0 spiro atoms. The van der Waals surface area contributed by atoms with Gasteiger partial charge in [-0.3, -0.25) is 0 Å². The van der Waals surface area contributed by atoms with Crippen LogP contribution < -0.4 is 10.1 Å². The van der Waals surface area contributed by atoms with Gasteiger partial charge in [-0.05, 0) is 44.9 Å². The van der Waals surface area contributed by atoms with E-state index in [-0.39, 0.29) is 12.5 Å². The average molecular weight is 289 g/mol. The minimum atomic E-state index is -4.05. The van der Waals surface area contributed by atoms with Crippen LogP contribution in [0.25, 0.3) is 0 Å². The standard InChI is InChI=1S/C15H22F3NO/c1-11-6-7-13(14(10-11)20-3)12(2)19-9-5-4-8-15(16,17)18/h6-7,10,12,19H,4-5,8-9H2,1-3H3. The normalized spacial score (nSPS) is 13.3. The molecule has 2 nitrogen and oxygen atoms in total. The Morgan fingerprint density at radius 1 is 1.25 bits per heavy atom. The fraction of sp³-hybridized carbons (Fsp3) is 0.600. The van der Waals surface area contributed by atoms with E-state index in [0.29, 0.717) is 13.0 Å². The summed E-state index contributed by atoms with van der Waals surface area (Å²) in [6.45, 7) is 4.53. The number of ether oxygens (including phenoxy) is 1. The Morgan fingerprint density at radius 3 is 2.55 bits per heavy atom. The summed E-state index contributed by atoms with van der Waals surface area (Å²) >= 11 is 0. The third-order valence-electron chi connectivity index (χ3n) is 3.19. The van der Waals surface area contributed by atoms with Crippen molar-refractivity contribution in [3.05, 3.63) is 29.3 Å². The summed E-state index contributed by atoms with van der Waals surface area (Å²) in [6, 6.07) is 6.00. The van der Waals surface area contributed by atoms with Crippen LogP contribution in [0.2, 0.25) is 0 Å². The number of hydrogen-bond donors (Lipinski definition) is 1. The average Bonchev–Trinajstić information content (AvgIpc) is 2.36. The number of halogens is 3. The zero-order chi connectivity index (χ0) is 15.2. The lowest BCUT2D eigenvalue weighted by Crippen LogP contribution is -2.21. The Labute approximate surface area is 118 Å². The Morgan fingerprint density at radius 2 is 1.95 bits per heavy atom. The molecule has 0 saturated carbocycles. The van der Waals surface area contributed by atoms with Gasteiger partial charge in [-0.25, -0.2) is 0 Å². The van der Waals surface area contributed by atoms with Gasteiger partial charge in [-0.15, -0.1) is 0 Å². The largest absolute Gasteiger partial charge is 0.496 e. The lowest BCUT2D eigenvalue weighted by atomic mass is 10.0. The van der Waals surface area contributed by atoms with Crippen LogP contribution >= 0.6 is 0 Å². The molecule has 0 aromatic heterocycles. The Balaban J connectivity index is 2.41. The van der Waals surface area contributed by atoms with Gasteiger partial charge in [0.2, 0.25) is 0 Å². The maximum absolute atomic E-state index is 12.0. The van der Waals surface area contributed by atoms with E-state index >= 15 is 0 Å². The van der Waals surface area contributed by atoms with Gasteiger partial charge in [0.1, 0.15) is 5.75 Å². The van der Waals surface area contributed by atoms with Gasteiger partial charge in [0.15, 0.2) is 0 Å². The van der Waals surface area contributed by atoms with Crippen LogP contribution in [0.4, 0.5) is 13.2 Å². The van der Waals surface area contributed by atoms with E-state index < -0.39 is 12.6 Å². The van der Waals surface area contributed by atoms with E-state index in [9.17, 15) is 13.2 Å². The highest BCUT2D eigenvalue weighted by molar-refractivity contribution is 5.38. The van der Waals surface area contributed by atoms with Crippen molar-refractivity contribution in [3.63, 3.8) is 0 Å². The first kappa shape index (κ1) is 16.8.